The molecule has 562 valence electrons. The molecule has 0 unspecified atom stereocenters. The number of carboxylic acid groups (broad SMARTS) is 2. The first-order chi connectivity index (χ1) is 46.1. The van der Waals surface area contributed by atoms with Crippen molar-refractivity contribution >= 4 is 124 Å². The highest BCUT2D eigenvalue weighted by atomic mass is 32.2. The molecular weight excluding hydrogens is 1350 g/mol. The summed E-state index contributed by atoms with van der Waals surface area (Å²) >= 11 is 2.58. The first kappa shape index (κ1) is 90.5. The van der Waals surface area contributed by atoms with Gasteiger partial charge >= 0.3 is 11.9 Å². The normalized spacial score (nSPS) is 16.3. The number of carbonyl (C=O) groups is 17. The monoisotopic (exact) mass is 1450 g/mol. The van der Waals surface area contributed by atoms with Crippen molar-refractivity contribution < 1.29 is 112 Å². The molecule has 0 aromatic rings. The fourth-order valence-electron chi connectivity index (χ4n) is 8.65. The van der Waals surface area contributed by atoms with E-state index in [9.17, 15) is 107 Å². The maximum absolute atomic E-state index is 14.0. The fourth-order valence-corrected chi connectivity index (χ4v) is 9.60. The van der Waals surface area contributed by atoms with Crippen LogP contribution in [0.25, 0.3) is 0 Å². The molecule has 0 aromatic heterocycles. The van der Waals surface area contributed by atoms with Crippen LogP contribution in [0.4, 0.5) is 0 Å². The van der Waals surface area contributed by atoms with Crippen molar-refractivity contribution in [2.24, 2.45) is 29.0 Å². The summed E-state index contributed by atoms with van der Waals surface area (Å²) in [6, 6.07) is -22.8. The Morgan fingerprint density at radius 1 is 0.374 bits per heavy atom. The fraction of sp³-hybridized carbons (Fsp3) is 0.707. The number of hydrogen-bond donors (Lipinski definition) is 22. The summed E-state index contributed by atoms with van der Waals surface area (Å²) in [4.78, 5) is 223. The number of aliphatic carboxylic acids is 2. The Morgan fingerprint density at radius 3 is 1.12 bits per heavy atom. The maximum atomic E-state index is 14.0. The van der Waals surface area contributed by atoms with E-state index < -0.39 is 248 Å². The van der Waals surface area contributed by atoms with Crippen molar-refractivity contribution in [1.29, 1.82) is 0 Å². The van der Waals surface area contributed by atoms with Gasteiger partial charge in [0.15, 0.2) is 0 Å². The molecule has 0 aliphatic rings. The van der Waals surface area contributed by atoms with Gasteiger partial charge in [-0.05, 0) is 96.2 Å². The third-order valence-electron chi connectivity index (χ3n) is 14.8. The highest BCUT2D eigenvalue weighted by Gasteiger charge is 2.39. The van der Waals surface area contributed by atoms with E-state index in [1.54, 1.807) is 26.4 Å². The minimum atomic E-state index is -2.03. The summed E-state index contributed by atoms with van der Waals surface area (Å²) in [5.74, 6) is -20.2. The van der Waals surface area contributed by atoms with Crippen LogP contribution in [0.5, 0.6) is 0 Å². The number of nitrogens with two attached hydrogens (primary N) is 3. The average molecular weight is 1450 g/mol. The molecule has 25 N–H and O–H groups in total. The van der Waals surface area contributed by atoms with E-state index in [0.717, 1.165) is 20.8 Å². The van der Waals surface area contributed by atoms with Crippen LogP contribution >= 0.6 is 23.5 Å². The number of nitrogens with one attached hydrogen (secondary N) is 13. The lowest BCUT2D eigenvalue weighted by atomic mass is 9.97. The topological polar surface area (TPSA) is 646 Å². The highest BCUT2D eigenvalue weighted by Crippen LogP contribution is 2.13. The van der Waals surface area contributed by atoms with Crippen LogP contribution < -0.4 is 86.3 Å². The summed E-state index contributed by atoms with van der Waals surface area (Å²) in [5, 5.41) is 90.2. The second-order valence-electron chi connectivity index (χ2n) is 23.6. The molecule has 0 bridgehead atoms. The molecule has 15 amide bonds. The number of carboxylic acids is 2. The predicted molar refractivity (Wildman–Crippen MR) is 355 cm³/mol. The molecule has 0 heterocycles. The minimum absolute atomic E-state index is 0.0595. The minimum Gasteiger partial charge on any atom is -0.481 e. The zero-order valence-electron chi connectivity index (χ0n) is 57.0. The van der Waals surface area contributed by atoms with Gasteiger partial charge in [-0.15, -0.1) is 0 Å². The lowest BCUT2D eigenvalue weighted by Gasteiger charge is -2.29. The largest absolute Gasteiger partial charge is 0.481 e. The Labute approximate surface area is 579 Å². The number of hydrogen-bond acceptors (Lipinski definition) is 24. The molecule has 0 spiro atoms. The number of amides is 15. The van der Waals surface area contributed by atoms with Gasteiger partial charge in [0.2, 0.25) is 88.6 Å². The molecule has 0 rings (SSSR count). The van der Waals surface area contributed by atoms with E-state index in [4.69, 9.17) is 22.3 Å². The molecular formula is C58H100N16O23S2. The standard InChI is InChI=1S/C58H100N16O23S2/c1-12-25(4)42(55(93)67-34(58(96)97)18-20-99-11)72-57(95)44(30(9)78)73-47(85)28(7)63-52(90)36(22-75)70-51(89)35(21-39(61)80)68-56(94)43(29(8)77)74-54(92)41(24(2)3)71-50(88)31(13-15-38(60)79)66-53(91)37(23-76)69-49(87)33(17-19-98-10)65-46(84)27(6)62-48(86)32(14-16-40(81)82)64-45(83)26(5)59/h24-37,41-44,75-78H,12-23,59H2,1-11H3,(H2,60,79)(H2,61,80)(H,62,86)(H,63,90)(H,64,83)(H,65,84)(H,66,91)(H,67,93)(H,68,94)(H,69,87)(H,70,89)(H,71,88)(H,72,95)(H,73,85)(H,74,92)(H,81,82)(H,96,97)/t25-,26-,27-,28-,29+,30+,31-,32-,33-,34-,35-,36-,37-,41-,42-,43-,44-/m0/s1. The third kappa shape index (κ3) is 33.3. The molecule has 41 heteroatoms. The number of rotatable bonds is 48. The molecule has 0 fully saturated rings. The average Bonchev–Trinajstić information content (AvgIpc) is 0.864. The van der Waals surface area contributed by atoms with Crippen molar-refractivity contribution in [2.75, 3.05) is 37.2 Å². The van der Waals surface area contributed by atoms with Crippen molar-refractivity contribution in [2.45, 2.75) is 210 Å². The van der Waals surface area contributed by atoms with Gasteiger partial charge in [0, 0.05) is 12.8 Å². The van der Waals surface area contributed by atoms with Crippen molar-refractivity contribution in [3.05, 3.63) is 0 Å². The maximum Gasteiger partial charge on any atom is 0.326 e. The lowest BCUT2D eigenvalue weighted by molar-refractivity contribution is -0.143. The van der Waals surface area contributed by atoms with Gasteiger partial charge in [-0.3, -0.25) is 76.7 Å². The van der Waals surface area contributed by atoms with Gasteiger partial charge in [-0.2, -0.15) is 23.5 Å². The Balaban J connectivity index is 6.47. The summed E-state index contributed by atoms with van der Waals surface area (Å²) in [7, 11) is 0. The van der Waals surface area contributed by atoms with Gasteiger partial charge in [-0.1, -0.05) is 34.1 Å². The van der Waals surface area contributed by atoms with Crippen LogP contribution in [-0.2, 0) is 81.5 Å². The van der Waals surface area contributed by atoms with Crippen molar-refractivity contribution in [3.63, 3.8) is 0 Å². The van der Waals surface area contributed by atoms with Crippen LogP contribution in [-0.4, -0.2) is 265 Å². The second-order valence-corrected chi connectivity index (χ2v) is 25.6. The quantitative estimate of drug-likeness (QED) is 0.0269. The number of carbonyl (C=O) groups excluding carboxylic acids is 15. The SMILES string of the molecule is CC[C@H](C)[C@H](NC(=O)[C@@H](NC(=O)[C@H](C)NC(=O)[C@H](CO)NC(=O)[C@H](CC(N)=O)NC(=O)[C@@H](NC(=O)[C@@H](NC(=O)[C@H](CCC(N)=O)NC(=O)[C@H](CO)NC(=O)[C@H](CCSC)NC(=O)[C@H](C)NC(=O)[C@H](CCC(=O)O)NC(=O)[C@H](C)N)C(C)C)[C@@H](C)O)[C@@H](C)O)C(=O)N[C@@H](CCSC)C(=O)O. The highest BCUT2D eigenvalue weighted by molar-refractivity contribution is 7.98. The Kier molecular flexibility index (Phi) is 42.0. The summed E-state index contributed by atoms with van der Waals surface area (Å²) in [6.07, 6.45) is -2.90. The van der Waals surface area contributed by atoms with Crippen LogP contribution in [0.1, 0.15) is 114 Å². The van der Waals surface area contributed by atoms with Gasteiger partial charge in [0.25, 0.3) is 0 Å². The third-order valence-corrected chi connectivity index (χ3v) is 16.1. The Hall–Kier alpha value is -8.51. The van der Waals surface area contributed by atoms with Crippen LogP contribution in [0.15, 0.2) is 0 Å². The van der Waals surface area contributed by atoms with E-state index in [-0.39, 0.29) is 25.0 Å². The zero-order valence-corrected chi connectivity index (χ0v) is 58.7. The van der Waals surface area contributed by atoms with Gasteiger partial charge in [-0.25, -0.2) is 4.79 Å². The molecule has 0 aliphatic heterocycles. The molecule has 0 saturated carbocycles. The molecule has 0 radical (unpaired) electrons. The summed E-state index contributed by atoms with van der Waals surface area (Å²) in [5.41, 5.74) is 16.3. The zero-order chi connectivity index (χ0) is 76.3. The molecule has 99 heavy (non-hydrogen) atoms. The molecule has 17 atom stereocenters. The van der Waals surface area contributed by atoms with Crippen LogP contribution in [0, 0.1) is 11.8 Å². The number of aliphatic hydroxyl groups is 4. The first-order valence-electron chi connectivity index (χ1n) is 31.4. The van der Waals surface area contributed by atoms with E-state index in [1.807, 2.05) is 0 Å². The number of thioether (sulfide) groups is 2. The summed E-state index contributed by atoms with van der Waals surface area (Å²) < 4.78 is 0. The number of aliphatic hydroxyl groups excluding tert-OH is 4. The van der Waals surface area contributed by atoms with Crippen LogP contribution in [0.3, 0.4) is 0 Å². The lowest BCUT2D eigenvalue weighted by Crippen LogP contribution is -2.63. The molecule has 0 aromatic carbocycles. The van der Waals surface area contributed by atoms with E-state index >= 15 is 0 Å². The smallest absolute Gasteiger partial charge is 0.326 e. The molecule has 39 nitrogen and oxygen atoms in total. The van der Waals surface area contributed by atoms with Crippen molar-refractivity contribution in [3.8, 4) is 0 Å². The van der Waals surface area contributed by atoms with E-state index in [2.05, 4.69) is 69.1 Å². The van der Waals surface area contributed by atoms with Gasteiger partial charge < -0.3 is 117 Å². The van der Waals surface area contributed by atoms with Crippen LogP contribution in [0.2, 0.25) is 0 Å². The van der Waals surface area contributed by atoms with Crippen molar-refractivity contribution in [1.82, 2.24) is 69.1 Å². The van der Waals surface area contributed by atoms with E-state index in [1.165, 1.54) is 51.2 Å². The van der Waals surface area contributed by atoms with E-state index in [0.29, 0.717) is 12.2 Å². The number of primary amides is 2. The molecule has 0 saturated heterocycles. The Bertz CT molecular complexity index is 2820. The first-order valence-corrected chi connectivity index (χ1v) is 34.2. The Morgan fingerprint density at radius 2 is 0.697 bits per heavy atom. The van der Waals surface area contributed by atoms with Gasteiger partial charge in [0.05, 0.1) is 37.9 Å². The second kappa shape index (κ2) is 46.0. The molecule has 0 aliphatic carbocycles. The summed E-state index contributed by atoms with van der Waals surface area (Å²) in [6.45, 7) is 9.51. The predicted octanol–water partition coefficient (Wildman–Crippen LogP) is -9.28. The van der Waals surface area contributed by atoms with Gasteiger partial charge in [0.1, 0.15) is 78.5 Å².